The number of hydrogen-bond donors (Lipinski definition) is 0. The van der Waals surface area contributed by atoms with Gasteiger partial charge in [-0.1, -0.05) is 63.2 Å². The molecule has 0 aromatic heterocycles. The van der Waals surface area contributed by atoms with Crippen molar-refractivity contribution < 1.29 is 0 Å². The monoisotopic (exact) mass is 336 g/mol. The Hall–Kier alpha value is -0.860. The fourth-order valence-corrected chi connectivity index (χ4v) is 2.55. The summed E-state index contributed by atoms with van der Waals surface area (Å²) in [6, 6.07) is 10.4. The van der Waals surface area contributed by atoms with Crippen molar-refractivity contribution >= 4 is 53.2 Å². The summed E-state index contributed by atoms with van der Waals surface area (Å²) in [7, 11) is 0. The fourth-order valence-electron chi connectivity index (χ4n) is 1.71. The third-order valence-corrected chi connectivity index (χ3v) is 3.63. The van der Waals surface area contributed by atoms with E-state index in [-0.39, 0.29) is 0 Å². The molecule has 0 N–H and O–H groups in total. The zero-order chi connectivity index (χ0) is 11.7. The first-order valence-corrected chi connectivity index (χ1v) is 6.41. The van der Waals surface area contributed by atoms with Crippen LogP contribution in [0.2, 0.25) is 0 Å². The molecular weight excluding hydrogens is 328 g/mol. The van der Waals surface area contributed by atoms with Crippen molar-refractivity contribution in [1.82, 2.24) is 0 Å². The molecule has 0 nitrogen and oxygen atoms in total. The van der Waals surface area contributed by atoms with Gasteiger partial charge >= 0.3 is 0 Å². The fraction of sp³-hybridized carbons (Fsp3) is 0. The first-order valence-electron chi connectivity index (χ1n) is 4.83. The maximum Gasteiger partial charge on any atom is 0.0253 e. The standard InChI is InChI=1S/C14H10Br2/c1-3-10-7-11-5-4-6-14(16)13(11)8-12(10)9(2)15/h3-8H,1-2H2. The molecule has 2 rings (SSSR count). The average Bonchev–Trinajstić information content (AvgIpc) is 2.27. The SMILES string of the molecule is C=Cc1cc2cccc(Br)c2cc1C(=C)Br. The second kappa shape index (κ2) is 4.56. The van der Waals surface area contributed by atoms with Gasteiger partial charge in [0.15, 0.2) is 0 Å². The van der Waals surface area contributed by atoms with Crippen LogP contribution in [0.5, 0.6) is 0 Å². The summed E-state index contributed by atoms with van der Waals surface area (Å²) in [5, 5.41) is 2.38. The predicted octanol–water partition coefficient (Wildman–Crippen LogP) is 5.61. The number of benzene rings is 2. The maximum absolute atomic E-state index is 3.92. The Morgan fingerprint density at radius 3 is 2.62 bits per heavy atom. The van der Waals surface area contributed by atoms with Crippen LogP contribution in [0, 0.1) is 0 Å². The van der Waals surface area contributed by atoms with Crippen LogP contribution in [0.4, 0.5) is 0 Å². The van der Waals surface area contributed by atoms with E-state index in [4.69, 9.17) is 0 Å². The van der Waals surface area contributed by atoms with Crippen LogP contribution in [-0.2, 0) is 0 Å². The summed E-state index contributed by atoms with van der Waals surface area (Å²) in [4.78, 5) is 0. The topological polar surface area (TPSA) is 0 Å². The highest BCUT2D eigenvalue weighted by molar-refractivity contribution is 9.15. The molecule has 0 unspecified atom stereocenters. The van der Waals surface area contributed by atoms with Gasteiger partial charge < -0.3 is 0 Å². The van der Waals surface area contributed by atoms with Crippen molar-refractivity contribution in [1.29, 1.82) is 0 Å². The van der Waals surface area contributed by atoms with E-state index in [0.717, 1.165) is 20.1 Å². The summed E-state index contributed by atoms with van der Waals surface area (Å²) in [6.07, 6.45) is 1.85. The van der Waals surface area contributed by atoms with Gasteiger partial charge in [0.2, 0.25) is 0 Å². The highest BCUT2D eigenvalue weighted by Crippen LogP contribution is 2.32. The molecule has 0 radical (unpaired) electrons. The van der Waals surface area contributed by atoms with E-state index in [9.17, 15) is 0 Å². The van der Waals surface area contributed by atoms with Crippen molar-refractivity contribution in [2.75, 3.05) is 0 Å². The Kier molecular flexibility index (Phi) is 3.31. The molecule has 80 valence electrons. The number of halogens is 2. The Balaban J connectivity index is 2.86. The zero-order valence-electron chi connectivity index (χ0n) is 8.63. The first kappa shape index (κ1) is 11.6. The van der Waals surface area contributed by atoms with Crippen LogP contribution in [0.3, 0.4) is 0 Å². The summed E-state index contributed by atoms with van der Waals surface area (Å²) in [5.41, 5.74) is 2.17. The Morgan fingerprint density at radius 1 is 1.25 bits per heavy atom. The molecule has 2 aromatic rings. The van der Waals surface area contributed by atoms with E-state index in [1.165, 1.54) is 10.8 Å². The van der Waals surface area contributed by atoms with E-state index >= 15 is 0 Å². The smallest absolute Gasteiger partial charge is 0.0253 e. The average molecular weight is 338 g/mol. The Morgan fingerprint density at radius 2 is 2.00 bits per heavy atom. The van der Waals surface area contributed by atoms with E-state index in [2.05, 4.69) is 63.2 Å². The van der Waals surface area contributed by atoms with Crippen LogP contribution < -0.4 is 0 Å². The molecule has 0 aliphatic carbocycles. The van der Waals surface area contributed by atoms with Gasteiger partial charge in [0.1, 0.15) is 0 Å². The molecule has 0 atom stereocenters. The van der Waals surface area contributed by atoms with Gasteiger partial charge in [-0.3, -0.25) is 0 Å². The van der Waals surface area contributed by atoms with E-state index < -0.39 is 0 Å². The van der Waals surface area contributed by atoms with Crippen LogP contribution in [0.25, 0.3) is 21.3 Å². The van der Waals surface area contributed by atoms with Gasteiger partial charge in [-0.25, -0.2) is 0 Å². The lowest BCUT2D eigenvalue weighted by molar-refractivity contribution is 1.64. The van der Waals surface area contributed by atoms with Crippen LogP contribution in [0.1, 0.15) is 11.1 Å². The molecule has 0 saturated carbocycles. The largest absolute Gasteiger partial charge is 0.0984 e. The minimum absolute atomic E-state index is 0.875. The summed E-state index contributed by atoms with van der Waals surface area (Å²) >= 11 is 6.98. The van der Waals surface area contributed by atoms with Gasteiger partial charge in [0.05, 0.1) is 0 Å². The Labute approximate surface area is 112 Å². The Bertz CT molecular complexity index is 583. The molecule has 0 spiro atoms. The van der Waals surface area contributed by atoms with Crippen molar-refractivity contribution in [3.05, 3.63) is 59.1 Å². The lowest BCUT2D eigenvalue weighted by Gasteiger charge is -2.08. The lowest BCUT2D eigenvalue weighted by atomic mass is 10.0. The summed E-state index contributed by atoms with van der Waals surface area (Å²) < 4.78 is 1.97. The highest BCUT2D eigenvalue weighted by Gasteiger charge is 2.06. The van der Waals surface area contributed by atoms with Gasteiger partial charge in [-0.15, -0.1) is 0 Å². The number of fused-ring (bicyclic) bond motifs is 1. The minimum Gasteiger partial charge on any atom is -0.0984 e. The molecule has 0 saturated heterocycles. The van der Waals surface area contributed by atoms with Crippen LogP contribution in [-0.4, -0.2) is 0 Å². The van der Waals surface area contributed by atoms with Crippen LogP contribution >= 0.6 is 31.9 Å². The molecule has 2 aromatic carbocycles. The minimum atomic E-state index is 0.875. The molecule has 0 bridgehead atoms. The normalized spacial score (nSPS) is 10.4. The number of hydrogen-bond acceptors (Lipinski definition) is 0. The molecule has 16 heavy (non-hydrogen) atoms. The number of rotatable bonds is 2. The first-order chi connectivity index (χ1) is 7.63. The highest BCUT2D eigenvalue weighted by atomic mass is 79.9. The van der Waals surface area contributed by atoms with E-state index in [1.807, 2.05) is 18.2 Å². The molecule has 0 aliphatic heterocycles. The van der Waals surface area contributed by atoms with Gasteiger partial charge in [-0.2, -0.15) is 0 Å². The molecule has 0 amide bonds. The zero-order valence-corrected chi connectivity index (χ0v) is 11.8. The molecule has 0 aliphatic rings. The summed E-state index contributed by atoms with van der Waals surface area (Å²) in [5.74, 6) is 0. The van der Waals surface area contributed by atoms with E-state index in [1.54, 1.807) is 0 Å². The lowest BCUT2D eigenvalue weighted by Crippen LogP contribution is -1.85. The molecule has 0 heterocycles. The maximum atomic E-state index is 3.92. The second-order valence-corrected chi connectivity index (χ2v) is 5.32. The van der Waals surface area contributed by atoms with Crippen molar-refractivity contribution in [3.63, 3.8) is 0 Å². The van der Waals surface area contributed by atoms with Crippen molar-refractivity contribution in [2.45, 2.75) is 0 Å². The third-order valence-electron chi connectivity index (χ3n) is 2.51. The van der Waals surface area contributed by atoms with E-state index in [0.29, 0.717) is 0 Å². The van der Waals surface area contributed by atoms with Gasteiger partial charge in [0.25, 0.3) is 0 Å². The molecule has 0 fully saturated rings. The predicted molar refractivity (Wildman–Crippen MR) is 79.7 cm³/mol. The quantitative estimate of drug-likeness (QED) is 0.668. The second-order valence-electron chi connectivity index (χ2n) is 3.51. The third kappa shape index (κ3) is 2.00. The van der Waals surface area contributed by atoms with Crippen molar-refractivity contribution in [3.8, 4) is 0 Å². The molecule has 2 heteroatoms. The summed E-state index contributed by atoms with van der Waals surface area (Å²) in [6.45, 7) is 7.75. The molecular formula is C14H10Br2. The van der Waals surface area contributed by atoms with Gasteiger partial charge in [-0.05, 0) is 40.1 Å². The van der Waals surface area contributed by atoms with Crippen molar-refractivity contribution in [2.24, 2.45) is 0 Å². The van der Waals surface area contributed by atoms with Crippen LogP contribution in [0.15, 0.2) is 48.0 Å². The van der Waals surface area contributed by atoms with Gasteiger partial charge in [0, 0.05) is 8.96 Å².